The van der Waals surface area contributed by atoms with Gasteiger partial charge in [0.2, 0.25) is 5.91 Å². The highest BCUT2D eigenvalue weighted by Gasteiger charge is 2.18. The number of nitrogens with zero attached hydrogens (tertiary/aromatic N) is 1. The van der Waals surface area contributed by atoms with E-state index in [0.717, 1.165) is 25.0 Å². The van der Waals surface area contributed by atoms with Crippen molar-refractivity contribution in [1.82, 2.24) is 15.2 Å². The summed E-state index contributed by atoms with van der Waals surface area (Å²) in [6, 6.07) is 8.72. The van der Waals surface area contributed by atoms with Crippen LogP contribution < -0.4 is 5.32 Å². The number of H-pyrrole nitrogens is 1. The molecule has 0 bridgehead atoms. The number of amides is 1. The van der Waals surface area contributed by atoms with Crippen molar-refractivity contribution in [1.29, 1.82) is 0 Å². The summed E-state index contributed by atoms with van der Waals surface area (Å²) in [6.07, 6.45) is 5.80. The largest absolute Gasteiger partial charge is 0.361 e. The van der Waals surface area contributed by atoms with Crippen LogP contribution in [0.5, 0.6) is 0 Å². The van der Waals surface area contributed by atoms with E-state index in [1.807, 2.05) is 30.3 Å². The van der Waals surface area contributed by atoms with Crippen molar-refractivity contribution in [2.75, 3.05) is 20.1 Å². The predicted molar refractivity (Wildman–Crippen MR) is 85.3 cm³/mol. The van der Waals surface area contributed by atoms with E-state index >= 15 is 0 Å². The van der Waals surface area contributed by atoms with Gasteiger partial charge in [0.1, 0.15) is 0 Å². The Bertz CT molecular complexity index is 613. The fourth-order valence-electron chi connectivity index (χ4n) is 3.12. The van der Waals surface area contributed by atoms with Crippen LogP contribution in [0.3, 0.4) is 0 Å². The minimum Gasteiger partial charge on any atom is -0.361 e. The maximum Gasteiger partial charge on any atom is 0.222 e. The van der Waals surface area contributed by atoms with Gasteiger partial charge in [-0.3, -0.25) is 4.79 Å². The Morgan fingerprint density at radius 2 is 2.24 bits per heavy atom. The number of aromatic amines is 1. The van der Waals surface area contributed by atoms with Crippen LogP contribution in [0, 0.1) is 0 Å². The Morgan fingerprint density at radius 3 is 3.05 bits per heavy atom. The summed E-state index contributed by atoms with van der Waals surface area (Å²) in [6.45, 7) is 1.91. The van der Waals surface area contributed by atoms with Gasteiger partial charge < -0.3 is 15.2 Å². The summed E-state index contributed by atoms with van der Waals surface area (Å²) in [5, 5.41) is 4.66. The lowest BCUT2D eigenvalue weighted by Gasteiger charge is -2.21. The Kier molecular flexibility index (Phi) is 4.25. The lowest BCUT2D eigenvalue weighted by molar-refractivity contribution is -0.130. The van der Waals surface area contributed by atoms with Crippen LogP contribution >= 0.6 is 0 Å². The molecule has 1 aliphatic heterocycles. The number of fused-ring (bicyclic) bond motifs is 1. The average molecular weight is 285 g/mol. The number of carbonyl (C=O) groups excluding carboxylic acids is 1. The fourth-order valence-corrected chi connectivity index (χ4v) is 3.12. The fraction of sp³-hybridized carbons (Fsp3) is 0.471. The van der Waals surface area contributed by atoms with Gasteiger partial charge in [0.05, 0.1) is 0 Å². The Morgan fingerprint density at radius 1 is 1.38 bits per heavy atom. The van der Waals surface area contributed by atoms with Gasteiger partial charge in [-0.15, -0.1) is 0 Å². The van der Waals surface area contributed by atoms with Gasteiger partial charge in [-0.25, -0.2) is 0 Å². The molecular formula is C17H23N3O. The van der Waals surface area contributed by atoms with Gasteiger partial charge in [0.25, 0.3) is 0 Å². The van der Waals surface area contributed by atoms with Gasteiger partial charge in [0.15, 0.2) is 0 Å². The van der Waals surface area contributed by atoms with Crippen molar-refractivity contribution in [3.05, 3.63) is 36.0 Å². The van der Waals surface area contributed by atoms with Crippen LogP contribution in [0.15, 0.2) is 30.5 Å². The zero-order valence-electron chi connectivity index (χ0n) is 12.6. The Hall–Kier alpha value is -1.81. The molecule has 2 aromatic rings. The molecule has 1 aromatic carbocycles. The van der Waals surface area contributed by atoms with Crippen molar-refractivity contribution >= 4 is 16.8 Å². The van der Waals surface area contributed by atoms with E-state index in [9.17, 15) is 4.79 Å². The molecule has 0 aliphatic carbocycles. The summed E-state index contributed by atoms with van der Waals surface area (Å²) in [5.74, 6) is 0.231. The van der Waals surface area contributed by atoms with E-state index in [-0.39, 0.29) is 5.91 Å². The van der Waals surface area contributed by atoms with Crippen molar-refractivity contribution < 1.29 is 4.79 Å². The summed E-state index contributed by atoms with van der Waals surface area (Å²) >= 11 is 0. The van der Waals surface area contributed by atoms with Crippen molar-refractivity contribution in [3.63, 3.8) is 0 Å². The lowest BCUT2D eigenvalue weighted by Crippen LogP contribution is -2.38. The monoisotopic (exact) mass is 285 g/mol. The number of benzene rings is 1. The summed E-state index contributed by atoms with van der Waals surface area (Å²) in [4.78, 5) is 17.4. The minimum absolute atomic E-state index is 0.231. The number of para-hydroxylation sites is 1. The highest BCUT2D eigenvalue weighted by molar-refractivity contribution is 5.84. The van der Waals surface area contributed by atoms with Crippen molar-refractivity contribution in [3.8, 4) is 0 Å². The number of likely N-dealkylation sites (N-methyl/N-ethyl adjacent to an activating group) is 1. The van der Waals surface area contributed by atoms with Crippen LogP contribution in [-0.4, -0.2) is 42.0 Å². The number of aryl methyl sites for hydroxylation is 1. The van der Waals surface area contributed by atoms with Gasteiger partial charge >= 0.3 is 0 Å². The third kappa shape index (κ3) is 3.27. The van der Waals surface area contributed by atoms with E-state index in [4.69, 9.17) is 0 Å². The molecule has 1 saturated heterocycles. The van der Waals surface area contributed by atoms with Crippen LogP contribution in [0.2, 0.25) is 0 Å². The summed E-state index contributed by atoms with van der Waals surface area (Å²) in [7, 11) is 1.91. The molecule has 1 fully saturated rings. The van der Waals surface area contributed by atoms with Crippen LogP contribution in [-0.2, 0) is 11.2 Å². The van der Waals surface area contributed by atoms with E-state index in [0.29, 0.717) is 12.5 Å². The van der Waals surface area contributed by atoms with Crippen LogP contribution in [0.4, 0.5) is 0 Å². The first-order valence-corrected chi connectivity index (χ1v) is 7.76. The molecule has 0 spiro atoms. The Labute approximate surface area is 125 Å². The van der Waals surface area contributed by atoms with Crippen LogP contribution in [0.25, 0.3) is 10.9 Å². The molecule has 21 heavy (non-hydrogen) atoms. The van der Waals surface area contributed by atoms with Crippen LogP contribution in [0.1, 0.15) is 24.8 Å². The zero-order valence-corrected chi connectivity index (χ0v) is 12.6. The zero-order chi connectivity index (χ0) is 14.7. The number of nitrogens with one attached hydrogen (secondary N) is 2. The first-order chi connectivity index (χ1) is 10.2. The first-order valence-electron chi connectivity index (χ1n) is 7.76. The first kappa shape index (κ1) is 14.1. The molecule has 2 N–H and O–H groups in total. The van der Waals surface area contributed by atoms with Crippen molar-refractivity contribution in [2.45, 2.75) is 31.7 Å². The lowest BCUT2D eigenvalue weighted by atomic mass is 10.1. The molecule has 1 aromatic heterocycles. The Balaban J connectivity index is 1.55. The van der Waals surface area contributed by atoms with E-state index < -0.39 is 0 Å². The standard InChI is InChI=1S/C17H23N3O/c1-20(12-14-5-4-10-18-14)17(21)9-8-13-11-19-16-7-3-2-6-15(13)16/h2-3,6-7,11,14,18-19H,4-5,8-10,12H2,1H3. The van der Waals surface area contributed by atoms with E-state index in [1.165, 1.54) is 23.8 Å². The second kappa shape index (κ2) is 6.31. The topological polar surface area (TPSA) is 48.1 Å². The molecule has 4 nitrogen and oxygen atoms in total. The number of hydrogen-bond donors (Lipinski definition) is 2. The number of carbonyl (C=O) groups is 1. The molecule has 1 amide bonds. The molecule has 0 saturated carbocycles. The predicted octanol–water partition coefficient (Wildman–Crippen LogP) is 2.31. The highest BCUT2D eigenvalue weighted by atomic mass is 16.2. The number of rotatable bonds is 5. The van der Waals surface area contributed by atoms with Gasteiger partial charge in [-0.1, -0.05) is 18.2 Å². The molecule has 2 heterocycles. The molecule has 0 radical (unpaired) electrons. The van der Waals surface area contributed by atoms with E-state index in [1.54, 1.807) is 0 Å². The normalized spacial score (nSPS) is 18.2. The minimum atomic E-state index is 0.231. The quantitative estimate of drug-likeness (QED) is 0.885. The van der Waals surface area contributed by atoms with Crippen molar-refractivity contribution in [2.24, 2.45) is 0 Å². The molecule has 112 valence electrons. The maximum absolute atomic E-state index is 12.3. The smallest absolute Gasteiger partial charge is 0.222 e. The third-order valence-corrected chi connectivity index (χ3v) is 4.37. The molecule has 3 rings (SSSR count). The number of hydrogen-bond acceptors (Lipinski definition) is 2. The van der Waals surface area contributed by atoms with E-state index in [2.05, 4.69) is 22.4 Å². The maximum atomic E-state index is 12.3. The highest BCUT2D eigenvalue weighted by Crippen LogP contribution is 2.19. The molecular weight excluding hydrogens is 262 g/mol. The summed E-state index contributed by atoms with van der Waals surface area (Å²) in [5.41, 5.74) is 2.37. The van der Waals surface area contributed by atoms with Gasteiger partial charge in [0, 0.05) is 43.2 Å². The molecule has 1 aliphatic rings. The third-order valence-electron chi connectivity index (χ3n) is 4.37. The number of aromatic nitrogens is 1. The SMILES string of the molecule is CN(CC1CCCN1)C(=O)CCc1c[nH]c2ccccc12. The average Bonchev–Trinajstić information content (AvgIpc) is 3.14. The molecule has 4 heteroatoms. The molecule has 1 unspecified atom stereocenters. The molecule has 1 atom stereocenters. The second-order valence-electron chi connectivity index (χ2n) is 5.93. The van der Waals surface area contributed by atoms with Gasteiger partial charge in [-0.2, -0.15) is 0 Å². The summed E-state index contributed by atoms with van der Waals surface area (Å²) < 4.78 is 0. The second-order valence-corrected chi connectivity index (χ2v) is 5.93. The van der Waals surface area contributed by atoms with Gasteiger partial charge in [-0.05, 0) is 37.4 Å².